The van der Waals surface area contributed by atoms with Gasteiger partial charge in [0.25, 0.3) is 0 Å². The number of nitrogens with one attached hydrogen (secondary N) is 1. The number of hydrogen-bond donors (Lipinski definition) is 1. The summed E-state index contributed by atoms with van der Waals surface area (Å²) in [4.78, 5) is 12.1. The molecule has 1 amide bonds. The Kier molecular flexibility index (Phi) is 6.45. The summed E-state index contributed by atoms with van der Waals surface area (Å²) in [5.74, 6) is 1.24. The summed E-state index contributed by atoms with van der Waals surface area (Å²) in [6.45, 7) is 5.00. The van der Waals surface area contributed by atoms with E-state index in [4.69, 9.17) is 0 Å². The van der Waals surface area contributed by atoms with E-state index >= 15 is 0 Å². The first kappa shape index (κ1) is 17.0. The molecule has 118 valence electrons. The standard InChI is InChI=1S/C15H19BrN4OS/c1-3-7-13-18-19-15(20(13)4-2)22-10-14(21)17-12-9-6-5-8-11(12)16/h5-6,8-9H,3-4,7,10H2,1-2H3,(H,17,21). The molecule has 7 heteroatoms. The molecule has 22 heavy (non-hydrogen) atoms. The Morgan fingerprint density at radius 3 is 2.77 bits per heavy atom. The quantitative estimate of drug-likeness (QED) is 0.740. The van der Waals surface area contributed by atoms with Crippen molar-refractivity contribution in [1.29, 1.82) is 0 Å². The van der Waals surface area contributed by atoms with Crippen molar-refractivity contribution in [3.05, 3.63) is 34.6 Å². The second-order valence-electron chi connectivity index (χ2n) is 4.71. The fourth-order valence-corrected chi connectivity index (χ4v) is 3.24. The zero-order valence-corrected chi connectivity index (χ0v) is 15.1. The molecular formula is C15H19BrN4OS. The lowest BCUT2D eigenvalue weighted by atomic mass is 10.3. The molecular weight excluding hydrogens is 364 g/mol. The third-order valence-corrected chi connectivity index (χ3v) is 4.72. The Hall–Kier alpha value is -1.34. The molecule has 2 rings (SSSR count). The van der Waals surface area contributed by atoms with Gasteiger partial charge in [-0.1, -0.05) is 30.8 Å². The van der Waals surface area contributed by atoms with Crippen molar-refractivity contribution in [2.45, 2.75) is 38.4 Å². The van der Waals surface area contributed by atoms with Crippen LogP contribution in [0.3, 0.4) is 0 Å². The van der Waals surface area contributed by atoms with Crippen LogP contribution in [-0.2, 0) is 17.8 Å². The van der Waals surface area contributed by atoms with Gasteiger partial charge in [-0.25, -0.2) is 0 Å². The highest BCUT2D eigenvalue weighted by Gasteiger charge is 2.13. The molecule has 0 aliphatic carbocycles. The number of benzene rings is 1. The van der Waals surface area contributed by atoms with Crippen LogP contribution in [-0.4, -0.2) is 26.4 Å². The molecule has 2 aromatic rings. The van der Waals surface area contributed by atoms with Gasteiger partial charge >= 0.3 is 0 Å². The summed E-state index contributed by atoms with van der Waals surface area (Å²) in [6, 6.07) is 7.56. The number of thioether (sulfide) groups is 1. The van der Waals surface area contributed by atoms with Crippen LogP contribution in [0.2, 0.25) is 0 Å². The van der Waals surface area contributed by atoms with E-state index in [2.05, 4.69) is 49.9 Å². The van der Waals surface area contributed by atoms with Crippen molar-refractivity contribution in [2.75, 3.05) is 11.1 Å². The molecule has 0 unspecified atom stereocenters. The minimum atomic E-state index is -0.0559. The number of carbonyl (C=O) groups excluding carboxylic acids is 1. The number of amides is 1. The zero-order valence-electron chi connectivity index (χ0n) is 12.7. The summed E-state index contributed by atoms with van der Waals surface area (Å²) in [7, 11) is 0. The van der Waals surface area contributed by atoms with Crippen LogP contribution in [0, 0.1) is 0 Å². The zero-order chi connectivity index (χ0) is 15.9. The first-order valence-electron chi connectivity index (χ1n) is 7.25. The Bertz CT molecular complexity index is 644. The van der Waals surface area contributed by atoms with Crippen molar-refractivity contribution in [1.82, 2.24) is 14.8 Å². The van der Waals surface area contributed by atoms with Gasteiger partial charge in [0.05, 0.1) is 11.4 Å². The van der Waals surface area contributed by atoms with Gasteiger partial charge in [0.2, 0.25) is 5.91 Å². The van der Waals surface area contributed by atoms with E-state index in [1.165, 1.54) is 11.8 Å². The predicted octanol–water partition coefficient (Wildman–Crippen LogP) is 3.74. The fourth-order valence-electron chi connectivity index (χ4n) is 2.03. The number of anilines is 1. The number of carbonyl (C=O) groups is 1. The van der Waals surface area contributed by atoms with Crippen LogP contribution in [0.5, 0.6) is 0 Å². The van der Waals surface area contributed by atoms with Crippen LogP contribution in [0.1, 0.15) is 26.1 Å². The number of aryl methyl sites for hydroxylation is 1. The van der Waals surface area contributed by atoms with Crippen molar-refractivity contribution in [3.63, 3.8) is 0 Å². The maximum Gasteiger partial charge on any atom is 0.234 e. The van der Waals surface area contributed by atoms with Gasteiger partial charge in [0.15, 0.2) is 5.16 Å². The second kappa shape index (κ2) is 8.33. The predicted molar refractivity (Wildman–Crippen MR) is 93.2 cm³/mol. The van der Waals surface area contributed by atoms with Crippen LogP contribution >= 0.6 is 27.7 Å². The van der Waals surface area contributed by atoms with Gasteiger partial charge in [-0.15, -0.1) is 10.2 Å². The summed E-state index contributed by atoms with van der Waals surface area (Å²) in [5.41, 5.74) is 0.775. The Balaban J connectivity index is 1.95. The molecule has 1 N–H and O–H groups in total. The van der Waals surface area contributed by atoms with Crippen molar-refractivity contribution >= 4 is 39.3 Å². The van der Waals surface area contributed by atoms with Crippen molar-refractivity contribution in [2.24, 2.45) is 0 Å². The van der Waals surface area contributed by atoms with E-state index in [0.717, 1.165) is 40.5 Å². The van der Waals surface area contributed by atoms with Gasteiger partial charge in [-0.05, 0) is 41.4 Å². The number of hydrogen-bond acceptors (Lipinski definition) is 4. The van der Waals surface area contributed by atoms with Crippen molar-refractivity contribution in [3.8, 4) is 0 Å². The highest BCUT2D eigenvalue weighted by molar-refractivity contribution is 9.10. The van der Waals surface area contributed by atoms with E-state index in [1.54, 1.807) is 0 Å². The summed E-state index contributed by atoms with van der Waals surface area (Å²) in [5, 5.41) is 12.1. The molecule has 5 nitrogen and oxygen atoms in total. The molecule has 0 saturated heterocycles. The van der Waals surface area contributed by atoms with Crippen LogP contribution in [0.4, 0.5) is 5.69 Å². The smallest absolute Gasteiger partial charge is 0.234 e. The summed E-state index contributed by atoms with van der Waals surface area (Å²) >= 11 is 4.83. The number of nitrogens with zero attached hydrogens (tertiary/aromatic N) is 3. The molecule has 0 radical (unpaired) electrons. The Morgan fingerprint density at radius 2 is 2.09 bits per heavy atom. The molecule has 1 heterocycles. The number of aromatic nitrogens is 3. The van der Waals surface area contributed by atoms with Crippen LogP contribution < -0.4 is 5.32 Å². The monoisotopic (exact) mass is 382 g/mol. The maximum absolute atomic E-state index is 12.1. The van der Waals surface area contributed by atoms with Crippen molar-refractivity contribution < 1.29 is 4.79 Å². The molecule has 0 spiro atoms. The lowest BCUT2D eigenvalue weighted by Gasteiger charge is -2.08. The average molecular weight is 383 g/mol. The lowest BCUT2D eigenvalue weighted by Crippen LogP contribution is -2.15. The fraction of sp³-hybridized carbons (Fsp3) is 0.400. The molecule has 0 aliphatic heterocycles. The van der Waals surface area contributed by atoms with E-state index in [0.29, 0.717) is 5.75 Å². The first-order chi connectivity index (χ1) is 10.7. The number of halogens is 1. The molecule has 1 aromatic carbocycles. The molecule has 0 bridgehead atoms. The average Bonchev–Trinajstić information content (AvgIpc) is 2.90. The Labute approximate surface area is 143 Å². The third-order valence-electron chi connectivity index (χ3n) is 3.06. The molecule has 0 aliphatic rings. The maximum atomic E-state index is 12.1. The molecule has 0 atom stereocenters. The van der Waals surface area contributed by atoms with Gasteiger partial charge in [-0.2, -0.15) is 0 Å². The highest BCUT2D eigenvalue weighted by atomic mass is 79.9. The van der Waals surface area contributed by atoms with Crippen LogP contribution in [0.15, 0.2) is 33.9 Å². The van der Waals surface area contributed by atoms with Gasteiger partial charge < -0.3 is 9.88 Å². The van der Waals surface area contributed by atoms with E-state index in [1.807, 2.05) is 24.3 Å². The molecule has 0 fully saturated rings. The topological polar surface area (TPSA) is 59.8 Å². The second-order valence-corrected chi connectivity index (χ2v) is 6.51. The number of para-hydroxylation sites is 1. The van der Waals surface area contributed by atoms with Crippen LogP contribution in [0.25, 0.3) is 0 Å². The minimum absolute atomic E-state index is 0.0559. The van der Waals surface area contributed by atoms with E-state index in [9.17, 15) is 4.79 Å². The van der Waals surface area contributed by atoms with Gasteiger partial charge in [-0.3, -0.25) is 4.79 Å². The lowest BCUT2D eigenvalue weighted by molar-refractivity contribution is -0.113. The molecule has 0 saturated carbocycles. The first-order valence-corrected chi connectivity index (χ1v) is 9.02. The van der Waals surface area contributed by atoms with E-state index < -0.39 is 0 Å². The van der Waals surface area contributed by atoms with Gasteiger partial charge in [0.1, 0.15) is 5.82 Å². The SMILES string of the molecule is CCCc1nnc(SCC(=O)Nc2ccccc2Br)n1CC. The largest absolute Gasteiger partial charge is 0.324 e. The molecule has 1 aromatic heterocycles. The summed E-state index contributed by atoms with van der Waals surface area (Å²) in [6.07, 6.45) is 1.94. The van der Waals surface area contributed by atoms with E-state index in [-0.39, 0.29) is 5.91 Å². The summed E-state index contributed by atoms with van der Waals surface area (Å²) < 4.78 is 2.94. The number of rotatable bonds is 7. The third kappa shape index (κ3) is 4.33. The normalized spacial score (nSPS) is 10.7. The highest BCUT2D eigenvalue weighted by Crippen LogP contribution is 2.22. The minimum Gasteiger partial charge on any atom is -0.324 e. The Morgan fingerprint density at radius 1 is 1.32 bits per heavy atom. The van der Waals surface area contributed by atoms with Gasteiger partial charge in [0, 0.05) is 17.4 Å².